The van der Waals surface area contributed by atoms with Crippen molar-refractivity contribution in [3.63, 3.8) is 0 Å². The van der Waals surface area contributed by atoms with Crippen molar-refractivity contribution in [1.29, 1.82) is 0 Å². The molecule has 1 heterocycles. The molecule has 5 nitrogen and oxygen atoms in total. The summed E-state index contributed by atoms with van der Waals surface area (Å²) in [6.45, 7) is 14.0. The van der Waals surface area contributed by atoms with E-state index in [1.54, 1.807) is 0 Å². The van der Waals surface area contributed by atoms with E-state index in [9.17, 15) is 4.79 Å². The molecule has 0 aromatic heterocycles. The summed E-state index contributed by atoms with van der Waals surface area (Å²) >= 11 is 0. The Morgan fingerprint density at radius 3 is 2.32 bits per heavy atom. The molecule has 0 aromatic carbocycles. The molecule has 19 heavy (non-hydrogen) atoms. The van der Waals surface area contributed by atoms with E-state index in [0.717, 1.165) is 25.2 Å². The molecule has 0 unspecified atom stereocenters. The molecule has 1 amide bonds. The summed E-state index contributed by atoms with van der Waals surface area (Å²) in [4.78, 5) is 13.9. The molecule has 1 aliphatic rings. The van der Waals surface area contributed by atoms with Gasteiger partial charge in [-0.05, 0) is 47.6 Å². The average Bonchev–Trinajstić information content (AvgIpc) is 2.23. The monoisotopic (exact) mass is 269 g/mol. The molecular weight excluding hydrogens is 242 g/mol. The van der Waals surface area contributed by atoms with E-state index in [1.165, 1.54) is 0 Å². The van der Waals surface area contributed by atoms with E-state index < -0.39 is 11.7 Å². The van der Waals surface area contributed by atoms with Crippen LogP contribution in [-0.4, -0.2) is 35.2 Å². The lowest BCUT2D eigenvalue weighted by atomic mass is 10.0. The molecule has 0 aliphatic carbocycles. The van der Waals surface area contributed by atoms with Crippen molar-refractivity contribution in [3.8, 4) is 0 Å². The summed E-state index contributed by atoms with van der Waals surface area (Å²) in [5.41, 5.74) is 6.23. The summed E-state index contributed by atoms with van der Waals surface area (Å²) < 4.78 is 5.15. The van der Waals surface area contributed by atoms with Crippen molar-refractivity contribution in [2.24, 2.45) is 0 Å². The first kappa shape index (κ1) is 15.8. The molecule has 5 heteroatoms. The van der Waals surface area contributed by atoms with Gasteiger partial charge in [-0.2, -0.15) is 0 Å². The number of carbonyl (C=O) groups is 1. The first-order chi connectivity index (χ1) is 8.58. The molecule has 0 fully saturated rings. The highest BCUT2D eigenvalue weighted by Gasteiger charge is 2.23. The van der Waals surface area contributed by atoms with E-state index in [2.05, 4.69) is 42.6 Å². The quantitative estimate of drug-likeness (QED) is 0.756. The highest BCUT2D eigenvalue weighted by molar-refractivity contribution is 5.67. The number of carbonyl (C=O) groups excluding carboxylic acids is 1. The van der Waals surface area contributed by atoms with Gasteiger partial charge in [-0.1, -0.05) is 0 Å². The number of nitrogens with one attached hydrogen (secondary N) is 2. The first-order valence-corrected chi connectivity index (χ1v) is 6.77. The molecule has 0 atom stereocenters. The molecular formula is C14H27N3O2. The van der Waals surface area contributed by atoms with Gasteiger partial charge in [0, 0.05) is 30.7 Å². The third-order valence-corrected chi connectivity index (χ3v) is 2.88. The molecule has 110 valence electrons. The van der Waals surface area contributed by atoms with Crippen LogP contribution >= 0.6 is 0 Å². The van der Waals surface area contributed by atoms with Crippen LogP contribution in [0.1, 0.15) is 48.0 Å². The van der Waals surface area contributed by atoms with Crippen LogP contribution in [-0.2, 0) is 4.74 Å². The average molecular weight is 269 g/mol. The third-order valence-electron chi connectivity index (χ3n) is 2.88. The van der Waals surface area contributed by atoms with Crippen LogP contribution in [0.15, 0.2) is 11.8 Å². The Morgan fingerprint density at radius 2 is 1.89 bits per heavy atom. The third kappa shape index (κ3) is 5.96. The van der Waals surface area contributed by atoms with E-state index in [0.29, 0.717) is 0 Å². The van der Waals surface area contributed by atoms with E-state index in [-0.39, 0.29) is 5.54 Å². The number of hydrogen-bond acceptors (Lipinski definition) is 4. The van der Waals surface area contributed by atoms with Gasteiger partial charge in [0.1, 0.15) is 5.60 Å². The largest absolute Gasteiger partial charge is 0.443 e. The summed E-state index contributed by atoms with van der Waals surface area (Å²) in [7, 11) is 0. The molecule has 1 rings (SSSR count). The fraction of sp³-hybridized carbons (Fsp3) is 0.786. The minimum atomic E-state index is -0.476. The lowest BCUT2D eigenvalue weighted by molar-refractivity contribution is 0.0502. The van der Waals surface area contributed by atoms with Crippen molar-refractivity contribution >= 4 is 6.09 Å². The SMILES string of the molecule is CC(C)(C)OC(=O)NNC1=CCN(C(C)(C)C)CC1. The Bertz CT molecular complexity index is 351. The maximum atomic E-state index is 11.5. The van der Waals surface area contributed by atoms with Gasteiger partial charge < -0.3 is 10.2 Å². The Balaban J connectivity index is 2.36. The van der Waals surface area contributed by atoms with Crippen LogP contribution < -0.4 is 10.9 Å². The molecule has 0 saturated heterocycles. The number of ether oxygens (including phenoxy) is 1. The number of nitrogens with zero attached hydrogens (tertiary/aromatic N) is 1. The van der Waals surface area contributed by atoms with E-state index in [4.69, 9.17) is 4.74 Å². The Hall–Kier alpha value is -1.23. The number of rotatable bonds is 2. The van der Waals surface area contributed by atoms with E-state index in [1.807, 2.05) is 20.8 Å². The van der Waals surface area contributed by atoms with Gasteiger partial charge >= 0.3 is 6.09 Å². The second-order valence-electron chi connectivity index (χ2n) is 6.85. The molecule has 2 N–H and O–H groups in total. The van der Waals surface area contributed by atoms with Crippen molar-refractivity contribution in [3.05, 3.63) is 11.8 Å². The Morgan fingerprint density at radius 1 is 1.26 bits per heavy atom. The van der Waals surface area contributed by atoms with Crippen molar-refractivity contribution < 1.29 is 9.53 Å². The molecule has 0 spiro atoms. The zero-order valence-electron chi connectivity index (χ0n) is 13.0. The number of hydrazine groups is 1. The Kier molecular flexibility index (Phi) is 4.85. The minimum absolute atomic E-state index is 0.181. The summed E-state index contributed by atoms with van der Waals surface area (Å²) in [5.74, 6) is 0. The predicted molar refractivity (Wildman–Crippen MR) is 76.5 cm³/mol. The normalized spacial score (nSPS) is 17.7. The second kappa shape index (κ2) is 5.82. The maximum Gasteiger partial charge on any atom is 0.426 e. The van der Waals surface area contributed by atoms with Gasteiger partial charge in [0.25, 0.3) is 0 Å². The first-order valence-electron chi connectivity index (χ1n) is 6.77. The fourth-order valence-electron chi connectivity index (χ4n) is 1.83. The molecule has 0 bridgehead atoms. The molecule has 0 saturated carbocycles. The minimum Gasteiger partial charge on any atom is -0.443 e. The standard InChI is InChI=1S/C14H27N3O2/c1-13(2,3)17-9-7-11(8-10-17)15-16-12(18)19-14(4,5)6/h7,15H,8-10H2,1-6H3,(H,16,18). The van der Waals surface area contributed by atoms with Crippen molar-refractivity contribution in [2.75, 3.05) is 13.1 Å². The van der Waals surface area contributed by atoms with Gasteiger partial charge in [-0.25, -0.2) is 10.2 Å². The van der Waals surface area contributed by atoms with Crippen LogP contribution in [0.5, 0.6) is 0 Å². The lowest BCUT2D eigenvalue weighted by Crippen LogP contribution is -2.47. The zero-order valence-corrected chi connectivity index (χ0v) is 13.0. The summed E-state index contributed by atoms with van der Waals surface area (Å²) in [6.07, 6.45) is 2.55. The topological polar surface area (TPSA) is 53.6 Å². The highest BCUT2D eigenvalue weighted by Crippen LogP contribution is 2.18. The van der Waals surface area contributed by atoms with Gasteiger partial charge in [0.15, 0.2) is 0 Å². The van der Waals surface area contributed by atoms with E-state index >= 15 is 0 Å². The van der Waals surface area contributed by atoms with Crippen LogP contribution in [0, 0.1) is 0 Å². The van der Waals surface area contributed by atoms with Crippen molar-refractivity contribution in [1.82, 2.24) is 15.8 Å². The second-order valence-corrected chi connectivity index (χ2v) is 6.85. The zero-order chi connectivity index (χ0) is 14.7. The number of amides is 1. The van der Waals surface area contributed by atoms with Crippen LogP contribution in [0.2, 0.25) is 0 Å². The molecule has 1 aliphatic heterocycles. The van der Waals surface area contributed by atoms with Crippen LogP contribution in [0.25, 0.3) is 0 Å². The van der Waals surface area contributed by atoms with Gasteiger partial charge in [-0.3, -0.25) is 4.90 Å². The smallest absolute Gasteiger partial charge is 0.426 e. The Labute approximate surface area is 116 Å². The summed E-state index contributed by atoms with van der Waals surface area (Å²) in [5, 5.41) is 0. The molecule has 0 aromatic rings. The highest BCUT2D eigenvalue weighted by atomic mass is 16.6. The van der Waals surface area contributed by atoms with Crippen LogP contribution in [0.4, 0.5) is 4.79 Å². The predicted octanol–water partition coefficient (Wildman–Crippen LogP) is 2.40. The fourth-order valence-corrected chi connectivity index (χ4v) is 1.83. The van der Waals surface area contributed by atoms with Gasteiger partial charge in [-0.15, -0.1) is 0 Å². The number of hydrogen-bond donors (Lipinski definition) is 2. The van der Waals surface area contributed by atoms with Crippen LogP contribution in [0.3, 0.4) is 0 Å². The van der Waals surface area contributed by atoms with Crippen molar-refractivity contribution in [2.45, 2.75) is 59.1 Å². The van der Waals surface area contributed by atoms with Gasteiger partial charge in [0.2, 0.25) is 0 Å². The van der Waals surface area contributed by atoms with Gasteiger partial charge in [0.05, 0.1) is 0 Å². The summed E-state index contributed by atoms with van der Waals surface area (Å²) in [6, 6.07) is 0. The molecule has 0 radical (unpaired) electrons. The lowest BCUT2D eigenvalue weighted by Gasteiger charge is -2.37. The maximum absolute atomic E-state index is 11.5.